The van der Waals surface area contributed by atoms with Crippen LogP contribution in [-0.4, -0.2) is 99.3 Å². The molecule has 0 spiro atoms. The van der Waals surface area contributed by atoms with Crippen LogP contribution in [0.25, 0.3) is 0 Å². The van der Waals surface area contributed by atoms with Gasteiger partial charge in [-0.1, -0.05) is 0 Å². The molecule has 0 aliphatic carbocycles. The molecule has 0 saturated carbocycles. The number of Topliss-reactive ketones (excluding diaryl/α,β-unsaturated/α-hetero) is 1. The third-order valence-corrected chi connectivity index (χ3v) is 5.09. The maximum absolute atomic E-state index is 11.2. The van der Waals surface area contributed by atoms with E-state index in [2.05, 4.69) is 0 Å². The first-order valence-corrected chi connectivity index (χ1v) is 9.58. The summed E-state index contributed by atoms with van der Waals surface area (Å²) in [6, 6.07) is 0. The predicted molar refractivity (Wildman–Crippen MR) is 94.1 cm³/mol. The molecule has 164 valence electrons. The van der Waals surface area contributed by atoms with Crippen molar-refractivity contribution < 1.29 is 49.3 Å². The molecule has 4 unspecified atom stereocenters. The molecule has 0 radical (unpaired) electrons. The van der Waals surface area contributed by atoms with Crippen molar-refractivity contribution in [3.05, 3.63) is 0 Å². The second-order valence-electron chi connectivity index (χ2n) is 7.57. The smallest absolute Gasteiger partial charge is 0.187 e. The molecule has 0 aromatic heterocycles. The minimum absolute atomic E-state index is 0.0397. The van der Waals surface area contributed by atoms with Gasteiger partial charge in [0.25, 0.3) is 0 Å². The van der Waals surface area contributed by atoms with Gasteiger partial charge in [-0.3, -0.25) is 0 Å². The fourth-order valence-corrected chi connectivity index (χ4v) is 3.23. The highest BCUT2D eigenvalue weighted by Gasteiger charge is 2.47. The van der Waals surface area contributed by atoms with Crippen LogP contribution in [0.4, 0.5) is 0 Å². The Labute approximate surface area is 164 Å². The minimum Gasteiger partial charge on any atom is -0.394 e. The van der Waals surface area contributed by atoms with Crippen LogP contribution in [0, 0.1) is 0 Å². The van der Waals surface area contributed by atoms with Gasteiger partial charge in [-0.05, 0) is 27.2 Å². The largest absolute Gasteiger partial charge is 0.394 e. The summed E-state index contributed by atoms with van der Waals surface area (Å²) in [7, 11) is 0. The van der Waals surface area contributed by atoms with Gasteiger partial charge in [0.2, 0.25) is 0 Å². The summed E-state index contributed by atoms with van der Waals surface area (Å²) in [6.07, 6.45) is -9.55. The normalized spacial score (nSPS) is 42.9. The van der Waals surface area contributed by atoms with E-state index in [1.807, 2.05) is 0 Å². The first kappa shape index (κ1) is 23.6. The van der Waals surface area contributed by atoms with Crippen LogP contribution >= 0.6 is 0 Å². The Balaban J connectivity index is 2.05. The molecule has 2 saturated heterocycles. The Bertz CT molecular complexity index is 501. The molecule has 10 atom stereocenters. The Hall–Kier alpha value is -0.690. The van der Waals surface area contributed by atoms with Gasteiger partial charge in [0, 0.05) is 12.8 Å². The van der Waals surface area contributed by atoms with Crippen LogP contribution < -0.4 is 0 Å². The molecule has 2 fully saturated rings. The van der Waals surface area contributed by atoms with Crippen molar-refractivity contribution >= 4 is 5.78 Å². The number of aliphatic hydroxyl groups is 5. The van der Waals surface area contributed by atoms with Crippen molar-refractivity contribution in [2.75, 3.05) is 6.61 Å². The van der Waals surface area contributed by atoms with Gasteiger partial charge in [-0.25, -0.2) is 0 Å². The molecule has 2 aliphatic rings. The lowest BCUT2D eigenvalue weighted by molar-refractivity contribution is -0.352. The lowest BCUT2D eigenvalue weighted by atomic mass is 9.98. The number of aliphatic hydroxyl groups excluding tert-OH is 5. The zero-order valence-electron chi connectivity index (χ0n) is 16.4. The van der Waals surface area contributed by atoms with Gasteiger partial charge in [-0.15, -0.1) is 0 Å². The standard InChI is InChI=1S/C18H32O10/c1-8(20)4-5-9(2)25-17-12(6-11(21)10(3)26-17)27-18-16(24)15(23)14(22)13(7-19)28-18/h9-19,21-24H,4-7H2,1-3H3/t9-,10?,11-,12?,13?,14-,15+,16?,17-,18-/m1/s1. The van der Waals surface area contributed by atoms with E-state index < -0.39 is 61.9 Å². The van der Waals surface area contributed by atoms with Gasteiger partial charge >= 0.3 is 0 Å². The Morgan fingerprint density at radius 1 is 1.11 bits per heavy atom. The summed E-state index contributed by atoms with van der Waals surface area (Å²) in [6.45, 7) is 4.39. The molecule has 2 rings (SSSR count). The molecule has 2 heterocycles. The summed E-state index contributed by atoms with van der Waals surface area (Å²) in [5, 5.41) is 49.4. The molecule has 2 aliphatic heterocycles. The highest BCUT2D eigenvalue weighted by molar-refractivity contribution is 5.75. The van der Waals surface area contributed by atoms with Crippen LogP contribution in [0.1, 0.15) is 40.0 Å². The number of rotatable bonds is 8. The second kappa shape index (κ2) is 10.4. The lowest BCUT2D eigenvalue weighted by Gasteiger charge is -2.44. The highest BCUT2D eigenvalue weighted by atomic mass is 16.7. The third kappa shape index (κ3) is 5.91. The number of hydrogen-bond acceptors (Lipinski definition) is 10. The molecule has 10 heteroatoms. The summed E-state index contributed by atoms with van der Waals surface area (Å²) in [4.78, 5) is 11.2. The minimum atomic E-state index is -1.57. The quantitative estimate of drug-likeness (QED) is 0.318. The van der Waals surface area contributed by atoms with Gasteiger partial charge in [0.05, 0.1) is 24.9 Å². The number of carbonyl (C=O) groups is 1. The van der Waals surface area contributed by atoms with Crippen LogP contribution in [0.3, 0.4) is 0 Å². The summed E-state index contributed by atoms with van der Waals surface area (Å²) >= 11 is 0. The molecule has 0 bridgehead atoms. The Morgan fingerprint density at radius 3 is 2.39 bits per heavy atom. The summed E-state index contributed by atoms with van der Waals surface area (Å²) in [5.41, 5.74) is 0. The molecule has 28 heavy (non-hydrogen) atoms. The number of ether oxygens (including phenoxy) is 4. The third-order valence-electron chi connectivity index (χ3n) is 5.09. The van der Waals surface area contributed by atoms with E-state index in [1.165, 1.54) is 6.92 Å². The van der Waals surface area contributed by atoms with Crippen LogP contribution in [0.2, 0.25) is 0 Å². The van der Waals surface area contributed by atoms with Crippen molar-refractivity contribution in [2.45, 2.75) is 101 Å². The Kier molecular flexibility index (Phi) is 8.74. The van der Waals surface area contributed by atoms with Crippen molar-refractivity contribution in [3.8, 4) is 0 Å². The van der Waals surface area contributed by atoms with E-state index in [1.54, 1.807) is 13.8 Å². The van der Waals surface area contributed by atoms with E-state index >= 15 is 0 Å². The topological polar surface area (TPSA) is 155 Å². The van der Waals surface area contributed by atoms with E-state index in [0.29, 0.717) is 12.8 Å². The summed E-state index contributed by atoms with van der Waals surface area (Å²) in [5.74, 6) is 0.0397. The monoisotopic (exact) mass is 408 g/mol. The van der Waals surface area contributed by atoms with E-state index in [9.17, 15) is 30.3 Å². The zero-order chi connectivity index (χ0) is 21.0. The van der Waals surface area contributed by atoms with Crippen LogP contribution in [0.5, 0.6) is 0 Å². The molecule has 10 nitrogen and oxygen atoms in total. The van der Waals surface area contributed by atoms with E-state index in [0.717, 1.165) is 0 Å². The fourth-order valence-electron chi connectivity index (χ4n) is 3.23. The predicted octanol–water partition coefficient (Wildman–Crippen LogP) is -1.56. The molecule has 0 aromatic rings. The fraction of sp³-hybridized carbons (Fsp3) is 0.944. The van der Waals surface area contributed by atoms with Crippen LogP contribution in [-0.2, 0) is 23.7 Å². The van der Waals surface area contributed by atoms with Crippen LogP contribution in [0.15, 0.2) is 0 Å². The van der Waals surface area contributed by atoms with Gasteiger partial charge in [-0.2, -0.15) is 0 Å². The SMILES string of the molecule is CC(=O)CC[C@@H](C)O[C@@H]1OC(C)[C@H](O)CC1O[C@@H]1OC(CO)[C@@H](O)[C@H](O)C1O. The second-order valence-corrected chi connectivity index (χ2v) is 7.57. The first-order chi connectivity index (χ1) is 13.1. The van der Waals surface area contributed by atoms with Gasteiger partial charge in [0.15, 0.2) is 12.6 Å². The Morgan fingerprint density at radius 2 is 1.79 bits per heavy atom. The van der Waals surface area contributed by atoms with Gasteiger partial charge in [0.1, 0.15) is 36.3 Å². The number of ketones is 1. The first-order valence-electron chi connectivity index (χ1n) is 9.58. The molecular formula is C18H32O10. The molecule has 5 N–H and O–H groups in total. The van der Waals surface area contributed by atoms with E-state index in [4.69, 9.17) is 18.9 Å². The molecular weight excluding hydrogens is 376 g/mol. The van der Waals surface area contributed by atoms with Crippen molar-refractivity contribution in [1.29, 1.82) is 0 Å². The average Bonchev–Trinajstić information content (AvgIpc) is 2.64. The molecule has 0 amide bonds. The van der Waals surface area contributed by atoms with Crippen molar-refractivity contribution in [2.24, 2.45) is 0 Å². The highest BCUT2D eigenvalue weighted by Crippen LogP contribution is 2.30. The van der Waals surface area contributed by atoms with E-state index in [-0.39, 0.29) is 18.3 Å². The number of carbonyl (C=O) groups excluding carboxylic acids is 1. The summed E-state index contributed by atoms with van der Waals surface area (Å²) < 4.78 is 22.6. The van der Waals surface area contributed by atoms with Crippen molar-refractivity contribution in [1.82, 2.24) is 0 Å². The van der Waals surface area contributed by atoms with Crippen molar-refractivity contribution in [3.63, 3.8) is 0 Å². The lowest BCUT2D eigenvalue weighted by Crippen LogP contribution is -2.61. The maximum Gasteiger partial charge on any atom is 0.187 e. The maximum atomic E-state index is 11.2. The average molecular weight is 408 g/mol. The number of hydrogen-bond donors (Lipinski definition) is 5. The zero-order valence-corrected chi connectivity index (χ0v) is 16.4. The van der Waals surface area contributed by atoms with Gasteiger partial charge < -0.3 is 49.3 Å². The molecule has 0 aromatic carbocycles.